The minimum absolute atomic E-state index is 0.308. The number of carbonyl (C=O) groups is 2. The monoisotopic (exact) mass is 364 g/mol. The molecule has 0 heterocycles. The Bertz CT molecular complexity index is 718. The van der Waals surface area contributed by atoms with Crippen LogP contribution in [0.5, 0.6) is 0 Å². The van der Waals surface area contributed by atoms with E-state index in [1.807, 2.05) is 0 Å². The first-order chi connectivity index (χ1) is 11.9. The van der Waals surface area contributed by atoms with E-state index in [2.05, 4.69) is 0 Å². The molecule has 0 fully saturated rings. The summed E-state index contributed by atoms with van der Waals surface area (Å²) in [5.74, 6) is -0.693. The number of anilines is 2. The smallest absolute Gasteiger partial charge is 0.338 e. The molecule has 7 heteroatoms. The molecule has 25 heavy (non-hydrogen) atoms. The molecule has 6 nitrogen and oxygen atoms in total. The van der Waals surface area contributed by atoms with Gasteiger partial charge >= 0.3 is 11.9 Å². The lowest BCUT2D eigenvalue weighted by molar-refractivity contribution is 0.0517. The van der Waals surface area contributed by atoms with Crippen LogP contribution in [0.25, 0.3) is 0 Å². The third-order valence-corrected chi connectivity index (χ3v) is 3.26. The van der Waals surface area contributed by atoms with Crippen LogP contribution < -0.4 is 11.5 Å². The fourth-order valence-electron chi connectivity index (χ4n) is 1.70. The standard InChI is InChI=1S/C9H10ClNO2.C9H11NO2/c1-2-13-9(12)6-3-4-8(11)7(10)5-6;1-2-12-9(11)7-3-5-8(10)6-4-7/h3-5H,2,11H2,1H3;3-6H,2,10H2,1H3. The molecule has 2 rings (SSSR count). The lowest BCUT2D eigenvalue weighted by atomic mass is 10.2. The molecule has 0 unspecified atom stereocenters. The van der Waals surface area contributed by atoms with Gasteiger partial charge in [0.15, 0.2) is 0 Å². The quantitative estimate of drug-likeness (QED) is 0.635. The number of rotatable bonds is 4. The van der Waals surface area contributed by atoms with Gasteiger partial charge in [-0.15, -0.1) is 0 Å². The van der Waals surface area contributed by atoms with Crippen molar-refractivity contribution in [1.29, 1.82) is 0 Å². The van der Waals surface area contributed by atoms with Gasteiger partial charge in [-0.3, -0.25) is 0 Å². The average Bonchev–Trinajstić information content (AvgIpc) is 2.59. The Morgan fingerprint density at radius 3 is 1.84 bits per heavy atom. The molecule has 0 amide bonds. The van der Waals surface area contributed by atoms with Crippen molar-refractivity contribution >= 4 is 34.9 Å². The maximum absolute atomic E-state index is 11.2. The Hall–Kier alpha value is -2.73. The van der Waals surface area contributed by atoms with Gasteiger partial charge in [0.2, 0.25) is 0 Å². The second-order valence-corrected chi connectivity index (χ2v) is 5.21. The number of benzene rings is 2. The number of hydrogen-bond acceptors (Lipinski definition) is 6. The Morgan fingerprint density at radius 1 is 0.880 bits per heavy atom. The molecule has 0 aromatic heterocycles. The molecule has 0 spiro atoms. The van der Waals surface area contributed by atoms with Crippen LogP contribution in [0.4, 0.5) is 11.4 Å². The zero-order valence-electron chi connectivity index (χ0n) is 14.1. The summed E-state index contributed by atoms with van der Waals surface area (Å²) in [5.41, 5.74) is 13.0. The van der Waals surface area contributed by atoms with Gasteiger partial charge in [-0.25, -0.2) is 9.59 Å². The van der Waals surface area contributed by atoms with Gasteiger partial charge in [0.05, 0.1) is 35.1 Å². The molecule has 2 aromatic carbocycles. The molecule has 0 atom stereocenters. The molecule has 4 N–H and O–H groups in total. The van der Waals surface area contributed by atoms with Crippen molar-refractivity contribution in [3.05, 3.63) is 58.6 Å². The number of halogens is 1. The highest BCUT2D eigenvalue weighted by atomic mass is 35.5. The lowest BCUT2D eigenvalue weighted by Crippen LogP contribution is -2.04. The largest absolute Gasteiger partial charge is 0.462 e. The van der Waals surface area contributed by atoms with Crippen LogP contribution in [-0.2, 0) is 9.47 Å². The molecule has 0 saturated heterocycles. The first kappa shape index (κ1) is 20.3. The Balaban J connectivity index is 0.000000251. The molecule has 0 aliphatic carbocycles. The maximum atomic E-state index is 11.2. The summed E-state index contributed by atoms with van der Waals surface area (Å²) in [6, 6.07) is 11.3. The van der Waals surface area contributed by atoms with Crippen LogP contribution in [0.15, 0.2) is 42.5 Å². The molecule has 0 aliphatic rings. The zero-order valence-corrected chi connectivity index (χ0v) is 14.9. The van der Waals surface area contributed by atoms with Crippen molar-refractivity contribution in [3.8, 4) is 0 Å². The van der Waals surface area contributed by atoms with Gasteiger partial charge in [-0.05, 0) is 56.3 Å². The summed E-state index contributed by atoms with van der Waals surface area (Å²) in [6.07, 6.45) is 0. The van der Waals surface area contributed by atoms with E-state index in [1.165, 1.54) is 6.07 Å². The van der Waals surface area contributed by atoms with Crippen molar-refractivity contribution < 1.29 is 19.1 Å². The van der Waals surface area contributed by atoms with Gasteiger partial charge in [-0.1, -0.05) is 11.6 Å². The molecule has 0 aliphatic heterocycles. The minimum Gasteiger partial charge on any atom is -0.462 e. The molecule has 0 saturated carbocycles. The van der Waals surface area contributed by atoms with Crippen LogP contribution in [0, 0.1) is 0 Å². The molecule has 0 bridgehead atoms. The fourth-order valence-corrected chi connectivity index (χ4v) is 1.88. The summed E-state index contributed by atoms with van der Waals surface area (Å²) in [5, 5.41) is 0.366. The van der Waals surface area contributed by atoms with E-state index in [1.54, 1.807) is 50.2 Å². The van der Waals surface area contributed by atoms with Gasteiger partial charge in [0.25, 0.3) is 0 Å². The highest BCUT2D eigenvalue weighted by Gasteiger charge is 2.07. The van der Waals surface area contributed by atoms with Crippen LogP contribution in [0.3, 0.4) is 0 Å². The van der Waals surface area contributed by atoms with Crippen molar-refractivity contribution in [3.63, 3.8) is 0 Å². The van der Waals surface area contributed by atoms with E-state index in [9.17, 15) is 9.59 Å². The van der Waals surface area contributed by atoms with Crippen LogP contribution in [-0.4, -0.2) is 25.2 Å². The highest BCUT2D eigenvalue weighted by Crippen LogP contribution is 2.19. The number of nitrogen functional groups attached to an aromatic ring is 2. The van der Waals surface area contributed by atoms with Crippen molar-refractivity contribution in [2.75, 3.05) is 24.7 Å². The van der Waals surface area contributed by atoms with E-state index in [4.69, 9.17) is 32.5 Å². The third kappa shape index (κ3) is 6.73. The van der Waals surface area contributed by atoms with Gasteiger partial charge in [0.1, 0.15) is 0 Å². The van der Waals surface area contributed by atoms with Gasteiger partial charge in [0, 0.05) is 5.69 Å². The van der Waals surface area contributed by atoms with Crippen molar-refractivity contribution in [2.45, 2.75) is 13.8 Å². The summed E-state index contributed by atoms with van der Waals surface area (Å²) in [7, 11) is 0. The summed E-state index contributed by atoms with van der Waals surface area (Å²) in [4.78, 5) is 22.3. The van der Waals surface area contributed by atoms with Crippen LogP contribution >= 0.6 is 11.6 Å². The number of carbonyl (C=O) groups excluding carboxylic acids is 2. The Morgan fingerprint density at radius 2 is 1.36 bits per heavy atom. The molecule has 134 valence electrons. The molecular formula is C18H21ClN2O4. The van der Waals surface area contributed by atoms with Gasteiger partial charge in [-0.2, -0.15) is 0 Å². The Labute approximate surface area is 151 Å². The maximum Gasteiger partial charge on any atom is 0.338 e. The first-order valence-electron chi connectivity index (χ1n) is 7.63. The lowest BCUT2D eigenvalue weighted by Gasteiger charge is -2.03. The topological polar surface area (TPSA) is 105 Å². The Kier molecular flexibility index (Phi) is 8.29. The van der Waals surface area contributed by atoms with E-state index in [0.717, 1.165) is 0 Å². The average molecular weight is 365 g/mol. The van der Waals surface area contributed by atoms with E-state index in [-0.39, 0.29) is 11.9 Å². The first-order valence-corrected chi connectivity index (χ1v) is 8.01. The van der Waals surface area contributed by atoms with E-state index < -0.39 is 0 Å². The second kappa shape index (κ2) is 10.2. The number of nitrogens with two attached hydrogens (primary N) is 2. The molecule has 0 radical (unpaired) electrons. The van der Waals surface area contributed by atoms with E-state index in [0.29, 0.717) is 40.7 Å². The summed E-state index contributed by atoms with van der Waals surface area (Å²) < 4.78 is 9.57. The predicted molar refractivity (Wildman–Crippen MR) is 98.6 cm³/mol. The minimum atomic E-state index is -0.385. The number of esters is 2. The SMILES string of the molecule is CCOC(=O)c1ccc(N)c(Cl)c1.CCOC(=O)c1ccc(N)cc1. The highest BCUT2D eigenvalue weighted by molar-refractivity contribution is 6.33. The fraction of sp³-hybridized carbons (Fsp3) is 0.222. The molecular weight excluding hydrogens is 344 g/mol. The summed E-state index contributed by atoms with van der Waals surface area (Å²) >= 11 is 5.73. The normalized spacial score (nSPS) is 9.56. The predicted octanol–water partition coefficient (Wildman–Crippen LogP) is 3.54. The van der Waals surface area contributed by atoms with Crippen molar-refractivity contribution in [1.82, 2.24) is 0 Å². The number of ether oxygens (including phenoxy) is 2. The van der Waals surface area contributed by atoms with Crippen LogP contribution in [0.2, 0.25) is 5.02 Å². The van der Waals surface area contributed by atoms with Gasteiger partial charge < -0.3 is 20.9 Å². The van der Waals surface area contributed by atoms with E-state index >= 15 is 0 Å². The molecule has 2 aromatic rings. The zero-order chi connectivity index (χ0) is 18.8. The van der Waals surface area contributed by atoms with Crippen LogP contribution in [0.1, 0.15) is 34.6 Å². The number of hydrogen-bond donors (Lipinski definition) is 2. The third-order valence-electron chi connectivity index (χ3n) is 2.93. The second-order valence-electron chi connectivity index (χ2n) is 4.80. The van der Waals surface area contributed by atoms with Crippen molar-refractivity contribution in [2.24, 2.45) is 0 Å². The summed E-state index contributed by atoms with van der Waals surface area (Å²) in [6.45, 7) is 4.26.